The molecule has 3 aromatic heterocycles. The summed E-state index contributed by atoms with van der Waals surface area (Å²) in [6, 6.07) is 7.88. The minimum Gasteiger partial charge on any atom is -0.330 e. The first-order valence-corrected chi connectivity index (χ1v) is 9.42. The Balaban J connectivity index is 1.53. The number of carbonyl (C=O) groups is 1. The van der Waals surface area contributed by atoms with Gasteiger partial charge in [-0.05, 0) is 30.0 Å². The lowest BCUT2D eigenvalue weighted by atomic mass is 9.87. The summed E-state index contributed by atoms with van der Waals surface area (Å²) in [5, 5.41) is 11.8. The Hall–Kier alpha value is -3.19. The van der Waals surface area contributed by atoms with Crippen molar-refractivity contribution < 1.29 is 4.79 Å². The second kappa shape index (κ2) is 6.45. The van der Waals surface area contributed by atoms with Crippen LogP contribution in [-0.2, 0) is 6.42 Å². The normalized spacial score (nSPS) is 16.4. The minimum atomic E-state index is -0.109. The van der Waals surface area contributed by atoms with Crippen LogP contribution in [0.2, 0.25) is 5.02 Å². The monoisotopic (exact) mass is 392 g/mol. The summed E-state index contributed by atoms with van der Waals surface area (Å²) in [7, 11) is 0. The van der Waals surface area contributed by atoms with Crippen LogP contribution in [-0.4, -0.2) is 42.1 Å². The summed E-state index contributed by atoms with van der Waals surface area (Å²) in [4.78, 5) is 19.3. The lowest BCUT2D eigenvalue weighted by Gasteiger charge is -2.36. The van der Waals surface area contributed by atoms with Crippen LogP contribution in [0.25, 0.3) is 16.8 Å². The molecule has 1 unspecified atom stereocenters. The van der Waals surface area contributed by atoms with E-state index in [4.69, 9.17) is 11.6 Å². The highest BCUT2D eigenvalue weighted by Gasteiger charge is 2.31. The van der Waals surface area contributed by atoms with Crippen LogP contribution < -0.4 is 0 Å². The van der Waals surface area contributed by atoms with Crippen LogP contribution in [0.3, 0.4) is 0 Å². The van der Waals surface area contributed by atoms with Gasteiger partial charge in [0.25, 0.3) is 5.91 Å². The highest BCUT2D eigenvalue weighted by atomic mass is 35.5. The fraction of sp³-hybridized carbons (Fsp3) is 0.200. The third-order valence-corrected chi connectivity index (χ3v) is 5.47. The standard InChI is InChI=1S/C20H17ClN6O/c1-12-19-13(3-2-4-16(19)14-8-23-24-9-14)5-6-26(12)20(28)17-7-18-22-10-15(21)11-27(18)25-17/h2-4,7-12H,5-6H2,1H3,(H,23,24). The molecule has 1 aromatic carbocycles. The number of benzene rings is 1. The SMILES string of the molecule is CC1c2c(cccc2-c2cn[nH]c2)CCN1C(=O)c1cc2ncc(Cl)cn2n1. The molecule has 0 saturated carbocycles. The molecule has 1 amide bonds. The molecule has 0 saturated heterocycles. The second-order valence-corrected chi connectivity index (χ2v) is 7.33. The zero-order valence-electron chi connectivity index (χ0n) is 15.1. The van der Waals surface area contributed by atoms with E-state index in [2.05, 4.69) is 45.4 Å². The Bertz CT molecular complexity index is 1180. The fourth-order valence-electron chi connectivity index (χ4n) is 3.95. The Morgan fingerprint density at radius 3 is 3.04 bits per heavy atom. The highest BCUT2D eigenvalue weighted by Crippen LogP contribution is 2.37. The van der Waals surface area contributed by atoms with Gasteiger partial charge in [0, 0.05) is 30.6 Å². The maximum absolute atomic E-state index is 13.2. The van der Waals surface area contributed by atoms with E-state index in [1.54, 1.807) is 24.7 Å². The molecule has 1 aliphatic heterocycles. The molecule has 28 heavy (non-hydrogen) atoms. The molecule has 4 heterocycles. The summed E-state index contributed by atoms with van der Waals surface area (Å²) in [5.74, 6) is -0.109. The topological polar surface area (TPSA) is 79.2 Å². The zero-order valence-corrected chi connectivity index (χ0v) is 15.9. The van der Waals surface area contributed by atoms with Crippen molar-refractivity contribution >= 4 is 23.2 Å². The van der Waals surface area contributed by atoms with Crippen molar-refractivity contribution in [3.63, 3.8) is 0 Å². The maximum atomic E-state index is 13.2. The van der Waals surface area contributed by atoms with Crippen LogP contribution in [0.15, 0.2) is 49.1 Å². The number of H-pyrrole nitrogens is 1. The van der Waals surface area contributed by atoms with Crippen LogP contribution in [0.1, 0.15) is 34.6 Å². The minimum absolute atomic E-state index is 0.0799. The fourth-order valence-corrected chi connectivity index (χ4v) is 4.09. The summed E-state index contributed by atoms with van der Waals surface area (Å²) >= 11 is 5.98. The van der Waals surface area contributed by atoms with Gasteiger partial charge in [0.2, 0.25) is 0 Å². The molecule has 0 bridgehead atoms. The van der Waals surface area contributed by atoms with Crippen LogP contribution in [0, 0.1) is 0 Å². The first kappa shape index (κ1) is 16.9. The number of aromatic amines is 1. The van der Waals surface area contributed by atoms with E-state index in [-0.39, 0.29) is 11.9 Å². The number of aromatic nitrogens is 5. The first-order valence-electron chi connectivity index (χ1n) is 9.04. The van der Waals surface area contributed by atoms with E-state index in [0.717, 1.165) is 23.1 Å². The zero-order chi connectivity index (χ0) is 19.3. The van der Waals surface area contributed by atoms with Gasteiger partial charge in [-0.3, -0.25) is 9.89 Å². The van der Waals surface area contributed by atoms with Gasteiger partial charge >= 0.3 is 0 Å². The number of hydrogen-bond donors (Lipinski definition) is 1. The van der Waals surface area contributed by atoms with Crippen molar-refractivity contribution in [1.82, 2.24) is 29.7 Å². The average Bonchev–Trinajstić information content (AvgIpc) is 3.37. The predicted octanol–water partition coefficient (Wildman–Crippen LogP) is 3.53. The number of hydrogen-bond acceptors (Lipinski definition) is 4. The Morgan fingerprint density at radius 1 is 1.32 bits per heavy atom. The van der Waals surface area contributed by atoms with Gasteiger partial charge in [0.15, 0.2) is 11.3 Å². The highest BCUT2D eigenvalue weighted by molar-refractivity contribution is 6.30. The van der Waals surface area contributed by atoms with E-state index in [1.165, 1.54) is 10.1 Å². The van der Waals surface area contributed by atoms with E-state index < -0.39 is 0 Å². The van der Waals surface area contributed by atoms with E-state index in [0.29, 0.717) is 22.9 Å². The third kappa shape index (κ3) is 2.66. The Morgan fingerprint density at radius 2 is 2.21 bits per heavy atom. The number of amides is 1. The van der Waals surface area contributed by atoms with E-state index in [9.17, 15) is 4.79 Å². The number of halogens is 1. The van der Waals surface area contributed by atoms with Gasteiger partial charge in [-0.1, -0.05) is 29.8 Å². The average molecular weight is 393 g/mol. The van der Waals surface area contributed by atoms with Crippen molar-refractivity contribution in [3.05, 3.63) is 70.9 Å². The number of nitrogens with zero attached hydrogens (tertiary/aromatic N) is 5. The van der Waals surface area contributed by atoms with Crippen molar-refractivity contribution in [2.45, 2.75) is 19.4 Å². The molecule has 0 radical (unpaired) electrons. The van der Waals surface area contributed by atoms with Gasteiger partial charge in [-0.25, -0.2) is 9.50 Å². The summed E-state index contributed by atoms with van der Waals surface area (Å²) in [6.45, 7) is 2.70. The maximum Gasteiger partial charge on any atom is 0.274 e. The Labute approximate surface area is 166 Å². The van der Waals surface area contributed by atoms with Gasteiger partial charge < -0.3 is 4.90 Å². The molecular formula is C20H17ClN6O. The molecular weight excluding hydrogens is 376 g/mol. The molecule has 0 fully saturated rings. The number of nitrogens with one attached hydrogen (secondary N) is 1. The van der Waals surface area contributed by atoms with Crippen LogP contribution in [0.4, 0.5) is 0 Å². The third-order valence-electron chi connectivity index (χ3n) is 5.27. The van der Waals surface area contributed by atoms with E-state index in [1.807, 2.05) is 11.1 Å². The van der Waals surface area contributed by atoms with E-state index >= 15 is 0 Å². The lowest BCUT2D eigenvalue weighted by Crippen LogP contribution is -2.39. The molecule has 1 aliphatic rings. The van der Waals surface area contributed by atoms with Crippen LogP contribution in [0.5, 0.6) is 0 Å². The van der Waals surface area contributed by atoms with Crippen molar-refractivity contribution in [2.24, 2.45) is 0 Å². The van der Waals surface area contributed by atoms with Crippen molar-refractivity contribution in [2.75, 3.05) is 6.54 Å². The smallest absolute Gasteiger partial charge is 0.274 e. The molecule has 140 valence electrons. The van der Waals surface area contributed by atoms with Gasteiger partial charge in [0.1, 0.15) is 0 Å². The molecule has 7 nitrogen and oxygen atoms in total. The molecule has 1 atom stereocenters. The summed E-state index contributed by atoms with van der Waals surface area (Å²) < 4.78 is 1.54. The molecule has 5 rings (SSSR count). The van der Waals surface area contributed by atoms with Crippen LogP contribution >= 0.6 is 11.6 Å². The second-order valence-electron chi connectivity index (χ2n) is 6.89. The summed E-state index contributed by atoms with van der Waals surface area (Å²) in [6.07, 6.45) is 7.67. The van der Waals surface area contributed by atoms with Gasteiger partial charge in [-0.2, -0.15) is 10.2 Å². The number of fused-ring (bicyclic) bond motifs is 2. The van der Waals surface area contributed by atoms with Gasteiger partial charge in [0.05, 0.1) is 23.5 Å². The largest absolute Gasteiger partial charge is 0.330 e. The molecule has 1 N–H and O–H groups in total. The number of carbonyl (C=O) groups excluding carboxylic acids is 1. The van der Waals surface area contributed by atoms with Gasteiger partial charge in [-0.15, -0.1) is 0 Å². The molecule has 4 aromatic rings. The first-order chi connectivity index (χ1) is 13.6. The Kier molecular flexibility index (Phi) is 3.91. The quantitative estimate of drug-likeness (QED) is 0.566. The van der Waals surface area contributed by atoms with Crippen molar-refractivity contribution in [3.8, 4) is 11.1 Å². The summed E-state index contributed by atoms with van der Waals surface area (Å²) in [5.41, 5.74) is 5.50. The van der Waals surface area contributed by atoms with Crippen molar-refractivity contribution in [1.29, 1.82) is 0 Å². The predicted molar refractivity (Wildman–Crippen MR) is 105 cm³/mol. The molecule has 0 spiro atoms. The number of rotatable bonds is 2. The molecule has 8 heteroatoms. The molecule has 0 aliphatic carbocycles. The lowest BCUT2D eigenvalue weighted by molar-refractivity contribution is 0.0672.